The van der Waals surface area contributed by atoms with Gasteiger partial charge in [0.15, 0.2) is 0 Å². The lowest BCUT2D eigenvalue weighted by Crippen LogP contribution is -2.22. The van der Waals surface area contributed by atoms with Crippen LogP contribution in [0.5, 0.6) is 5.75 Å². The van der Waals surface area contributed by atoms with Gasteiger partial charge in [-0.05, 0) is 36.4 Å². The lowest BCUT2D eigenvalue weighted by molar-refractivity contribution is 0.102. The van der Waals surface area contributed by atoms with E-state index < -0.39 is 0 Å². The topological polar surface area (TPSA) is 76.6 Å². The Morgan fingerprint density at radius 3 is 2.61 bits per heavy atom. The highest BCUT2D eigenvalue weighted by molar-refractivity contribution is 7.13. The number of anilines is 2. The molecular weight excluding hydrogens is 376 g/mol. The first-order valence-electron chi connectivity index (χ1n) is 8.68. The van der Waals surface area contributed by atoms with Crippen LogP contribution in [-0.4, -0.2) is 50.3 Å². The Hall–Kier alpha value is -2.97. The molecule has 2 heterocycles. The molecule has 0 unspecified atom stereocenters. The van der Waals surface area contributed by atoms with Crippen molar-refractivity contribution >= 4 is 28.7 Å². The average molecular weight is 398 g/mol. The number of rotatable bonds is 8. The van der Waals surface area contributed by atoms with Crippen LogP contribution < -0.4 is 15.0 Å². The second kappa shape index (κ2) is 9.29. The molecule has 7 nitrogen and oxygen atoms in total. The first-order valence-corrected chi connectivity index (χ1v) is 9.56. The van der Waals surface area contributed by atoms with Gasteiger partial charge in [-0.3, -0.25) is 4.79 Å². The molecule has 0 aliphatic carbocycles. The second-order valence-corrected chi connectivity index (χ2v) is 6.89. The Morgan fingerprint density at radius 2 is 1.96 bits per heavy atom. The van der Waals surface area contributed by atoms with Gasteiger partial charge in [0.1, 0.15) is 22.3 Å². The van der Waals surface area contributed by atoms with Gasteiger partial charge in [0.05, 0.1) is 25.6 Å². The summed E-state index contributed by atoms with van der Waals surface area (Å²) in [6.45, 7) is 1.40. The number of hydrogen-bond acceptors (Lipinski definition) is 7. The summed E-state index contributed by atoms with van der Waals surface area (Å²) in [6.07, 6.45) is 1.72. The second-order valence-electron chi connectivity index (χ2n) is 6.04. The highest BCUT2D eigenvalue weighted by Gasteiger charge is 2.13. The van der Waals surface area contributed by atoms with Crippen molar-refractivity contribution in [2.24, 2.45) is 0 Å². The number of methoxy groups -OCH3 is 2. The highest BCUT2D eigenvalue weighted by Crippen LogP contribution is 2.26. The first-order chi connectivity index (χ1) is 13.6. The summed E-state index contributed by atoms with van der Waals surface area (Å²) in [7, 11) is 5.26. The monoisotopic (exact) mass is 398 g/mol. The number of carbonyl (C=O) groups excluding carboxylic acids is 1. The number of thiazole rings is 1. The summed E-state index contributed by atoms with van der Waals surface area (Å²) >= 11 is 1.42. The molecule has 2 aromatic heterocycles. The van der Waals surface area contributed by atoms with Crippen molar-refractivity contribution in [3.05, 3.63) is 53.7 Å². The normalized spacial score (nSPS) is 10.5. The van der Waals surface area contributed by atoms with E-state index in [0.717, 1.165) is 28.6 Å². The third-order valence-corrected chi connectivity index (χ3v) is 5.03. The quantitative estimate of drug-likeness (QED) is 0.625. The minimum atomic E-state index is -0.288. The van der Waals surface area contributed by atoms with Crippen molar-refractivity contribution in [2.45, 2.75) is 0 Å². The van der Waals surface area contributed by atoms with E-state index in [-0.39, 0.29) is 5.91 Å². The molecule has 0 aliphatic heterocycles. The van der Waals surface area contributed by atoms with Crippen LogP contribution in [0, 0.1) is 0 Å². The molecule has 1 amide bonds. The molecular formula is C20H22N4O3S. The van der Waals surface area contributed by atoms with Gasteiger partial charge in [0, 0.05) is 31.6 Å². The number of likely N-dealkylation sites (N-methyl/N-ethyl adjacent to an activating group) is 1. The van der Waals surface area contributed by atoms with E-state index in [1.807, 2.05) is 42.3 Å². The van der Waals surface area contributed by atoms with E-state index in [4.69, 9.17) is 9.47 Å². The van der Waals surface area contributed by atoms with Crippen molar-refractivity contribution in [3.63, 3.8) is 0 Å². The minimum Gasteiger partial charge on any atom is -0.497 e. The van der Waals surface area contributed by atoms with E-state index in [1.54, 1.807) is 31.9 Å². The highest BCUT2D eigenvalue weighted by atomic mass is 32.1. The molecule has 0 fully saturated rings. The van der Waals surface area contributed by atoms with Gasteiger partial charge in [-0.1, -0.05) is 0 Å². The zero-order chi connectivity index (χ0) is 19.9. The number of nitrogens with one attached hydrogen (secondary N) is 1. The van der Waals surface area contributed by atoms with Crippen LogP contribution in [0.4, 0.5) is 11.5 Å². The maximum atomic E-state index is 12.5. The van der Waals surface area contributed by atoms with E-state index in [0.29, 0.717) is 18.1 Å². The van der Waals surface area contributed by atoms with Crippen LogP contribution in [0.15, 0.2) is 48.0 Å². The molecule has 0 atom stereocenters. The predicted octanol–water partition coefficient (Wildman–Crippen LogP) is 3.55. The summed E-state index contributed by atoms with van der Waals surface area (Å²) in [4.78, 5) is 23.2. The molecule has 1 N–H and O–H groups in total. The van der Waals surface area contributed by atoms with E-state index in [9.17, 15) is 4.79 Å². The van der Waals surface area contributed by atoms with Gasteiger partial charge >= 0.3 is 0 Å². The Bertz CT molecular complexity index is 910. The standard InChI is InChI=1S/C20H22N4O3S/c1-24(10-11-26-2)15-6-9-18(21-12-15)23-19(25)17-13-28-20(22-17)14-4-7-16(27-3)8-5-14/h4-9,12-13H,10-11H2,1-3H3,(H,21,23,25). The fraction of sp³-hybridized carbons (Fsp3) is 0.250. The van der Waals surface area contributed by atoms with E-state index in [1.165, 1.54) is 11.3 Å². The van der Waals surface area contributed by atoms with Gasteiger partial charge < -0.3 is 19.7 Å². The summed E-state index contributed by atoms with van der Waals surface area (Å²) in [5, 5.41) is 5.29. The third-order valence-electron chi connectivity index (χ3n) is 4.13. The zero-order valence-corrected chi connectivity index (χ0v) is 16.8. The first kappa shape index (κ1) is 19.8. The van der Waals surface area contributed by atoms with E-state index >= 15 is 0 Å². The molecule has 3 rings (SSSR count). The van der Waals surface area contributed by atoms with Crippen LogP contribution in [0.3, 0.4) is 0 Å². The number of carbonyl (C=O) groups is 1. The Kier molecular flexibility index (Phi) is 6.57. The largest absolute Gasteiger partial charge is 0.497 e. The van der Waals surface area contributed by atoms with Crippen molar-refractivity contribution < 1.29 is 14.3 Å². The predicted molar refractivity (Wildman–Crippen MR) is 111 cm³/mol. The van der Waals surface area contributed by atoms with E-state index in [2.05, 4.69) is 15.3 Å². The summed E-state index contributed by atoms with van der Waals surface area (Å²) in [5.74, 6) is 0.970. The maximum absolute atomic E-state index is 12.5. The fourth-order valence-corrected chi connectivity index (χ4v) is 3.27. The smallest absolute Gasteiger partial charge is 0.276 e. The van der Waals surface area contributed by atoms with Crippen molar-refractivity contribution in [3.8, 4) is 16.3 Å². The molecule has 3 aromatic rings. The molecule has 0 aliphatic rings. The molecule has 1 aromatic carbocycles. The molecule has 0 spiro atoms. The number of hydrogen-bond donors (Lipinski definition) is 1. The van der Waals surface area contributed by atoms with Crippen molar-refractivity contribution in [2.75, 3.05) is 44.6 Å². The molecule has 8 heteroatoms. The summed E-state index contributed by atoms with van der Waals surface area (Å²) in [6, 6.07) is 11.2. The van der Waals surface area contributed by atoms with Gasteiger partial charge in [0.25, 0.3) is 5.91 Å². The average Bonchev–Trinajstić information content (AvgIpc) is 3.23. The van der Waals surface area contributed by atoms with Gasteiger partial charge in [0.2, 0.25) is 0 Å². The van der Waals surface area contributed by atoms with Crippen LogP contribution in [0.25, 0.3) is 10.6 Å². The maximum Gasteiger partial charge on any atom is 0.276 e. The molecule has 0 radical (unpaired) electrons. The van der Waals surface area contributed by atoms with Crippen LogP contribution in [0.1, 0.15) is 10.5 Å². The number of ether oxygens (including phenoxy) is 2. The van der Waals surface area contributed by atoms with Crippen molar-refractivity contribution in [1.82, 2.24) is 9.97 Å². The van der Waals surface area contributed by atoms with Crippen molar-refractivity contribution in [1.29, 1.82) is 0 Å². The van der Waals surface area contributed by atoms with Crippen LogP contribution in [-0.2, 0) is 4.74 Å². The lowest BCUT2D eigenvalue weighted by Gasteiger charge is -2.18. The number of nitrogens with zero attached hydrogens (tertiary/aromatic N) is 3. The Balaban J connectivity index is 1.64. The summed E-state index contributed by atoms with van der Waals surface area (Å²) in [5.41, 5.74) is 2.25. The number of aromatic nitrogens is 2. The lowest BCUT2D eigenvalue weighted by atomic mass is 10.2. The summed E-state index contributed by atoms with van der Waals surface area (Å²) < 4.78 is 10.2. The minimum absolute atomic E-state index is 0.288. The SMILES string of the molecule is COCCN(C)c1ccc(NC(=O)c2csc(-c3ccc(OC)cc3)n2)nc1. The number of benzene rings is 1. The van der Waals surface area contributed by atoms with Crippen LogP contribution in [0.2, 0.25) is 0 Å². The third kappa shape index (κ3) is 4.85. The van der Waals surface area contributed by atoms with Crippen LogP contribution >= 0.6 is 11.3 Å². The molecule has 0 bridgehead atoms. The molecule has 0 saturated carbocycles. The Morgan fingerprint density at radius 1 is 1.18 bits per heavy atom. The zero-order valence-electron chi connectivity index (χ0n) is 16.0. The van der Waals surface area contributed by atoms with Gasteiger partial charge in [-0.2, -0.15) is 0 Å². The molecule has 0 saturated heterocycles. The molecule has 146 valence electrons. The number of pyridine rings is 1. The van der Waals surface area contributed by atoms with Gasteiger partial charge in [-0.15, -0.1) is 11.3 Å². The van der Waals surface area contributed by atoms with Gasteiger partial charge in [-0.25, -0.2) is 9.97 Å². The molecule has 28 heavy (non-hydrogen) atoms. The number of amides is 1. The fourth-order valence-electron chi connectivity index (χ4n) is 2.47. The Labute approximate surface area is 168 Å².